The topological polar surface area (TPSA) is 83.6 Å². The second-order valence-electron chi connectivity index (χ2n) is 6.17. The van der Waals surface area contributed by atoms with Gasteiger partial charge in [-0.05, 0) is 0 Å². The number of nitrogens with one attached hydrogen (secondary N) is 2. The van der Waals surface area contributed by atoms with Gasteiger partial charge in [0.25, 0.3) is 0 Å². The van der Waals surface area contributed by atoms with Gasteiger partial charge in [-0.1, -0.05) is 0 Å². The van der Waals surface area contributed by atoms with E-state index in [1.54, 1.807) is 18.7 Å². The average Bonchev–Trinajstić information content (AvgIpc) is 3.22. The van der Waals surface area contributed by atoms with Crippen LogP contribution in [0.2, 0.25) is 0 Å². The maximum absolute atomic E-state index is 5.82. The Bertz CT molecular complexity index is 1130. The number of furan rings is 1. The molecule has 0 saturated carbocycles. The fraction of sp³-hybridized carbons (Fsp3) is 0.167. The number of halogens is 2. The molecule has 0 amide bonds. The number of anilines is 1. The molecular weight excluding hydrogens is 584 g/mol. The van der Waals surface area contributed by atoms with Gasteiger partial charge in [0.05, 0.1) is 0 Å². The molecule has 2 N–H and O–H groups in total. The third kappa shape index (κ3) is 3.50. The molecule has 0 spiro atoms. The first-order valence-electron chi connectivity index (χ1n) is 8.69. The van der Waals surface area contributed by atoms with Crippen molar-refractivity contribution in [1.29, 1.82) is 0 Å². The van der Waals surface area contributed by atoms with E-state index >= 15 is 0 Å². The predicted molar refractivity (Wildman–Crippen MR) is 105 cm³/mol. The van der Waals surface area contributed by atoms with E-state index in [0.29, 0.717) is 0 Å². The summed E-state index contributed by atoms with van der Waals surface area (Å²) in [5.74, 6) is 0.840. The number of nitrogens with zero attached hydrogens (tertiary/aromatic N) is 5. The molecule has 0 aromatic carbocycles. The van der Waals surface area contributed by atoms with Crippen molar-refractivity contribution in [1.82, 2.24) is 15.0 Å². The molecule has 1 aliphatic heterocycles. The van der Waals surface area contributed by atoms with E-state index < -0.39 is 21.5 Å². The maximum atomic E-state index is 5.82. The Morgan fingerprint density at radius 3 is 3.00 bits per heavy atom. The molecule has 8 nitrogen and oxygen atoms in total. The van der Waals surface area contributed by atoms with E-state index in [0.717, 1.165) is 39.3 Å². The fourth-order valence-corrected chi connectivity index (χ4v) is 5.58. The Balaban J connectivity index is 1.46. The van der Waals surface area contributed by atoms with E-state index in [1.807, 2.05) is 29.3 Å². The number of fused-ring (bicyclic) bond motifs is 2. The molecule has 1 atom stereocenters. The zero-order valence-electron chi connectivity index (χ0n) is 14.6. The summed E-state index contributed by atoms with van der Waals surface area (Å²) in [6.07, 6.45) is 12.1. The van der Waals surface area contributed by atoms with Crippen LogP contribution in [0, 0.1) is 7.27 Å². The van der Waals surface area contributed by atoms with Crippen LogP contribution in [0.4, 0.5) is 5.82 Å². The summed E-state index contributed by atoms with van der Waals surface area (Å²) in [6.45, 7) is 0.852. The number of hydrogen-bond donors (Lipinski definition) is 2. The molecule has 0 radical (unpaired) electrons. The first-order valence-corrected chi connectivity index (χ1v) is 11.8. The zero-order valence-corrected chi connectivity index (χ0v) is 18.9. The molecule has 4 aromatic heterocycles. The molecule has 5 heterocycles. The van der Waals surface area contributed by atoms with E-state index in [4.69, 9.17) is 4.42 Å². The van der Waals surface area contributed by atoms with Gasteiger partial charge < -0.3 is 0 Å². The van der Waals surface area contributed by atoms with Crippen molar-refractivity contribution in [3.05, 3.63) is 68.5 Å². The molecule has 1 unspecified atom stereocenters. The van der Waals surface area contributed by atoms with Crippen LogP contribution in [-0.4, -0.2) is 21.5 Å². The van der Waals surface area contributed by atoms with Crippen molar-refractivity contribution in [3.63, 3.8) is 0 Å². The van der Waals surface area contributed by atoms with E-state index in [1.165, 1.54) is 3.57 Å². The molecule has 0 bridgehead atoms. The Labute approximate surface area is 185 Å². The Morgan fingerprint density at radius 2 is 2.11 bits per heavy atom. The number of rotatable bonds is 4. The summed E-state index contributed by atoms with van der Waals surface area (Å²) < 4.78 is 12.2. The second-order valence-corrected chi connectivity index (χ2v) is 10.0. The predicted octanol–water partition coefficient (Wildman–Crippen LogP) is -1.38. The average molecular weight is 600 g/mol. The van der Waals surface area contributed by atoms with Crippen LogP contribution < -0.4 is 39.7 Å². The number of hydrogen-bond acceptors (Lipinski definition) is 6. The fourth-order valence-electron chi connectivity index (χ4n) is 3.13. The van der Waals surface area contributed by atoms with Crippen LogP contribution in [-0.2, 0) is 0 Å². The summed E-state index contributed by atoms with van der Waals surface area (Å²) >= 11 is 1.80. The van der Waals surface area contributed by atoms with E-state index in [-0.39, 0.29) is 6.04 Å². The van der Waals surface area contributed by atoms with Crippen molar-refractivity contribution in [2.75, 3.05) is 17.3 Å². The number of pyridine rings is 1. The first kappa shape index (κ1) is 18.0. The summed E-state index contributed by atoms with van der Waals surface area (Å²) in [6, 6.07) is 6.27. The van der Waals surface area contributed by atoms with Crippen molar-refractivity contribution < 1.29 is 33.4 Å². The van der Waals surface area contributed by atoms with E-state index in [2.05, 4.69) is 63.3 Å². The minimum atomic E-state index is -0.419. The summed E-state index contributed by atoms with van der Waals surface area (Å²) in [5.41, 5.74) is 5.27. The first-order chi connectivity index (χ1) is 13.8. The van der Waals surface area contributed by atoms with Gasteiger partial charge in [-0.25, -0.2) is 0 Å². The molecule has 10 heteroatoms. The monoisotopic (exact) mass is 600 g/mol. The quantitative estimate of drug-likeness (QED) is 0.171. The molecule has 1 aliphatic rings. The van der Waals surface area contributed by atoms with Gasteiger partial charge in [-0.2, -0.15) is 0 Å². The number of aromatic nitrogens is 5. The van der Waals surface area contributed by atoms with Crippen LogP contribution in [0.15, 0.2) is 60.0 Å². The SMILES string of the molecule is Ic1cc[n+]([I-]c2cc[n+](NC3CCNc4nccnc43)c3occc23)cn1. The standard InChI is InChI=1S/C18H16I2N7O/c19-15-3-8-26(11-24-15)20-13-2-9-27(18-12(13)4-10-28-18)25-14-1-5-22-17-16(14)21-6-7-23-17/h2-4,6-11,14,25H,1,5H2,(H,22,23)/q+1. The summed E-state index contributed by atoms with van der Waals surface area (Å²) in [5, 5.41) is 4.41. The molecule has 4 aromatic rings. The Morgan fingerprint density at radius 1 is 1.18 bits per heavy atom. The summed E-state index contributed by atoms with van der Waals surface area (Å²) in [4.78, 5) is 13.3. The Hall–Kier alpha value is -2.09. The van der Waals surface area contributed by atoms with Gasteiger partial charge in [0.2, 0.25) is 0 Å². The van der Waals surface area contributed by atoms with Crippen LogP contribution in [0.3, 0.4) is 0 Å². The van der Waals surface area contributed by atoms with Crippen LogP contribution >= 0.6 is 22.6 Å². The zero-order chi connectivity index (χ0) is 18.9. The van der Waals surface area contributed by atoms with Gasteiger partial charge in [-0.15, -0.1) is 0 Å². The van der Waals surface area contributed by atoms with Crippen LogP contribution in [0.1, 0.15) is 18.2 Å². The minimum absolute atomic E-state index is 0.0681. The van der Waals surface area contributed by atoms with E-state index in [9.17, 15) is 0 Å². The molecule has 5 rings (SSSR count). The summed E-state index contributed by atoms with van der Waals surface area (Å²) in [7, 11) is 0. The van der Waals surface area contributed by atoms with Crippen LogP contribution in [0.5, 0.6) is 0 Å². The van der Waals surface area contributed by atoms with Gasteiger partial charge in [0.1, 0.15) is 0 Å². The van der Waals surface area contributed by atoms with Crippen molar-refractivity contribution in [2.45, 2.75) is 12.5 Å². The van der Waals surface area contributed by atoms with Crippen LogP contribution in [0.25, 0.3) is 11.1 Å². The molecule has 0 saturated heterocycles. The van der Waals surface area contributed by atoms with Crippen molar-refractivity contribution >= 4 is 39.5 Å². The Kier molecular flexibility index (Phi) is 4.96. The van der Waals surface area contributed by atoms with Crippen molar-refractivity contribution in [2.24, 2.45) is 0 Å². The normalized spacial score (nSPS) is 16.0. The molecule has 142 valence electrons. The molecule has 0 fully saturated rings. The third-order valence-corrected chi connectivity index (χ3v) is 7.63. The third-order valence-electron chi connectivity index (χ3n) is 4.40. The molecule has 28 heavy (non-hydrogen) atoms. The molecule has 0 aliphatic carbocycles. The molecular formula is C18H16I2N7O+. The second kappa shape index (κ2) is 7.73. The van der Waals surface area contributed by atoms with Gasteiger partial charge in [0, 0.05) is 0 Å². The van der Waals surface area contributed by atoms with Crippen molar-refractivity contribution in [3.8, 4) is 0 Å². The van der Waals surface area contributed by atoms with Gasteiger partial charge in [0.15, 0.2) is 0 Å². The van der Waals surface area contributed by atoms with Gasteiger partial charge in [-0.3, -0.25) is 0 Å². The van der Waals surface area contributed by atoms with Gasteiger partial charge >= 0.3 is 186 Å².